The summed E-state index contributed by atoms with van der Waals surface area (Å²) in [7, 11) is 0. The van der Waals surface area contributed by atoms with Crippen LogP contribution in [-0.2, 0) is 0 Å². The minimum atomic E-state index is 0.0238. The highest BCUT2D eigenvalue weighted by Crippen LogP contribution is 2.23. The summed E-state index contributed by atoms with van der Waals surface area (Å²) in [5.74, 6) is 0.0238. The maximum Gasteiger partial charge on any atom is 0.267 e. The molecule has 1 atom stereocenters. The molecule has 2 rings (SSSR count). The van der Waals surface area contributed by atoms with Crippen LogP contribution in [0.4, 0.5) is 0 Å². The molecule has 1 unspecified atom stereocenters. The lowest BCUT2D eigenvalue weighted by Crippen LogP contribution is -2.44. The van der Waals surface area contributed by atoms with E-state index in [0.29, 0.717) is 17.0 Å². The Labute approximate surface area is 105 Å². The Hall–Kier alpha value is -1.01. The third kappa shape index (κ3) is 2.63. The van der Waals surface area contributed by atoms with Crippen LogP contribution in [0.1, 0.15) is 41.0 Å². The Balaban J connectivity index is 2.14. The number of nitrogens with zero attached hydrogens (tertiary/aromatic N) is 3. The standard InChI is InChI=1S/C11H17N3O2S/c1-8-10(17-13-12-8)11(16)14-6-3-2-4-9(14)5-7-15/h9,15H,2-7H2,1H3. The van der Waals surface area contributed by atoms with Gasteiger partial charge in [-0.15, -0.1) is 5.10 Å². The van der Waals surface area contributed by atoms with Gasteiger partial charge >= 0.3 is 0 Å². The van der Waals surface area contributed by atoms with Crippen molar-refractivity contribution in [2.75, 3.05) is 13.2 Å². The van der Waals surface area contributed by atoms with Gasteiger partial charge in [0, 0.05) is 19.2 Å². The Morgan fingerprint density at radius 2 is 2.41 bits per heavy atom. The number of likely N-dealkylation sites (tertiary alicyclic amines) is 1. The van der Waals surface area contributed by atoms with E-state index in [9.17, 15) is 4.79 Å². The summed E-state index contributed by atoms with van der Waals surface area (Å²) in [4.78, 5) is 14.9. The van der Waals surface area contributed by atoms with E-state index in [-0.39, 0.29) is 18.6 Å². The van der Waals surface area contributed by atoms with Gasteiger partial charge in [0.15, 0.2) is 0 Å². The van der Waals surface area contributed by atoms with E-state index < -0.39 is 0 Å². The quantitative estimate of drug-likeness (QED) is 0.882. The van der Waals surface area contributed by atoms with Gasteiger partial charge in [-0.25, -0.2) is 0 Å². The summed E-state index contributed by atoms with van der Waals surface area (Å²) in [6, 6.07) is 0.169. The van der Waals surface area contributed by atoms with Gasteiger partial charge in [0.05, 0.1) is 5.69 Å². The fourth-order valence-corrected chi connectivity index (χ4v) is 2.89. The number of aliphatic hydroxyl groups excluding tert-OH is 1. The first-order valence-electron chi connectivity index (χ1n) is 5.95. The van der Waals surface area contributed by atoms with Crippen molar-refractivity contribution in [3.05, 3.63) is 10.6 Å². The summed E-state index contributed by atoms with van der Waals surface area (Å²) < 4.78 is 3.80. The summed E-state index contributed by atoms with van der Waals surface area (Å²) in [6.07, 6.45) is 3.82. The summed E-state index contributed by atoms with van der Waals surface area (Å²) in [5.41, 5.74) is 0.702. The van der Waals surface area contributed by atoms with Crippen molar-refractivity contribution < 1.29 is 9.90 Å². The van der Waals surface area contributed by atoms with E-state index in [1.807, 2.05) is 11.8 Å². The van der Waals surface area contributed by atoms with Crippen LogP contribution in [0, 0.1) is 6.92 Å². The molecule has 1 saturated heterocycles. The lowest BCUT2D eigenvalue weighted by atomic mass is 9.99. The summed E-state index contributed by atoms with van der Waals surface area (Å²) >= 11 is 1.16. The Morgan fingerprint density at radius 3 is 3.06 bits per heavy atom. The number of hydrogen-bond donors (Lipinski definition) is 1. The van der Waals surface area contributed by atoms with Crippen LogP contribution in [0.5, 0.6) is 0 Å². The third-order valence-electron chi connectivity index (χ3n) is 3.20. The third-order valence-corrected chi connectivity index (χ3v) is 4.01. The number of carbonyl (C=O) groups is 1. The van der Waals surface area contributed by atoms with Gasteiger partial charge in [-0.2, -0.15) is 0 Å². The number of aromatic nitrogens is 2. The molecule has 1 N–H and O–H groups in total. The largest absolute Gasteiger partial charge is 0.396 e. The molecule has 17 heavy (non-hydrogen) atoms. The van der Waals surface area contributed by atoms with Crippen molar-refractivity contribution in [1.82, 2.24) is 14.5 Å². The van der Waals surface area contributed by atoms with E-state index in [2.05, 4.69) is 9.59 Å². The molecule has 2 heterocycles. The van der Waals surface area contributed by atoms with E-state index in [1.165, 1.54) is 0 Å². The topological polar surface area (TPSA) is 66.3 Å². The predicted octanol–water partition coefficient (Wildman–Crippen LogP) is 1.22. The average Bonchev–Trinajstić information content (AvgIpc) is 2.76. The highest BCUT2D eigenvalue weighted by Gasteiger charge is 2.29. The SMILES string of the molecule is Cc1nnsc1C(=O)N1CCCCC1CCO. The number of amides is 1. The molecule has 5 nitrogen and oxygen atoms in total. The number of aryl methyl sites for hydroxylation is 1. The lowest BCUT2D eigenvalue weighted by molar-refractivity contribution is 0.0578. The smallest absolute Gasteiger partial charge is 0.267 e. The molecule has 1 aromatic rings. The first-order chi connectivity index (χ1) is 8.24. The van der Waals surface area contributed by atoms with Gasteiger partial charge < -0.3 is 10.0 Å². The van der Waals surface area contributed by atoms with E-state index >= 15 is 0 Å². The molecule has 1 aromatic heterocycles. The van der Waals surface area contributed by atoms with Crippen LogP contribution >= 0.6 is 11.5 Å². The zero-order valence-electron chi connectivity index (χ0n) is 9.93. The minimum Gasteiger partial charge on any atom is -0.396 e. The van der Waals surface area contributed by atoms with Crippen molar-refractivity contribution in [2.24, 2.45) is 0 Å². The van der Waals surface area contributed by atoms with Crippen LogP contribution in [0.15, 0.2) is 0 Å². The van der Waals surface area contributed by atoms with Crippen LogP contribution < -0.4 is 0 Å². The molecule has 6 heteroatoms. The van der Waals surface area contributed by atoms with Gasteiger partial charge in [0.1, 0.15) is 4.88 Å². The van der Waals surface area contributed by atoms with Crippen molar-refractivity contribution in [2.45, 2.75) is 38.6 Å². The van der Waals surface area contributed by atoms with Crippen molar-refractivity contribution in [3.8, 4) is 0 Å². The van der Waals surface area contributed by atoms with Gasteiger partial charge in [-0.1, -0.05) is 4.49 Å². The van der Waals surface area contributed by atoms with Crippen LogP contribution in [-0.4, -0.2) is 44.7 Å². The van der Waals surface area contributed by atoms with E-state index in [0.717, 1.165) is 37.3 Å². The van der Waals surface area contributed by atoms with Crippen LogP contribution in [0.2, 0.25) is 0 Å². The van der Waals surface area contributed by atoms with Gasteiger partial charge in [-0.05, 0) is 44.1 Å². The first kappa shape index (κ1) is 12.4. The summed E-state index contributed by atoms with van der Waals surface area (Å²) in [6.45, 7) is 2.72. The molecular weight excluding hydrogens is 238 g/mol. The fourth-order valence-electron chi connectivity index (χ4n) is 2.28. The fraction of sp³-hybridized carbons (Fsp3) is 0.727. The van der Waals surface area contributed by atoms with Gasteiger partial charge in [-0.3, -0.25) is 4.79 Å². The van der Waals surface area contributed by atoms with Crippen molar-refractivity contribution in [3.63, 3.8) is 0 Å². The Bertz CT molecular complexity index is 392. The highest BCUT2D eigenvalue weighted by molar-refractivity contribution is 7.07. The molecule has 1 fully saturated rings. The Kier molecular flexibility index (Phi) is 4.06. The second kappa shape index (κ2) is 5.55. The zero-order chi connectivity index (χ0) is 12.3. The number of rotatable bonds is 3. The maximum absolute atomic E-state index is 12.3. The molecule has 0 radical (unpaired) electrons. The zero-order valence-corrected chi connectivity index (χ0v) is 10.7. The summed E-state index contributed by atoms with van der Waals surface area (Å²) in [5, 5.41) is 12.9. The molecular formula is C11H17N3O2S. The molecule has 1 amide bonds. The van der Waals surface area contributed by atoms with Crippen LogP contribution in [0.3, 0.4) is 0 Å². The highest BCUT2D eigenvalue weighted by atomic mass is 32.1. The number of hydrogen-bond acceptors (Lipinski definition) is 5. The number of aliphatic hydroxyl groups is 1. The molecule has 0 saturated carbocycles. The first-order valence-corrected chi connectivity index (χ1v) is 6.72. The van der Waals surface area contributed by atoms with Crippen LogP contribution in [0.25, 0.3) is 0 Å². The molecule has 0 bridgehead atoms. The predicted molar refractivity (Wildman–Crippen MR) is 65.0 cm³/mol. The van der Waals surface area contributed by atoms with Crippen molar-refractivity contribution >= 4 is 17.4 Å². The molecule has 94 valence electrons. The second-order valence-electron chi connectivity index (χ2n) is 4.35. The Morgan fingerprint density at radius 1 is 1.59 bits per heavy atom. The second-order valence-corrected chi connectivity index (χ2v) is 5.10. The van der Waals surface area contributed by atoms with Gasteiger partial charge in [0.2, 0.25) is 0 Å². The normalized spacial score (nSPS) is 20.6. The molecule has 1 aliphatic rings. The van der Waals surface area contributed by atoms with E-state index in [4.69, 9.17) is 5.11 Å². The molecule has 0 aromatic carbocycles. The number of carbonyl (C=O) groups excluding carboxylic acids is 1. The van der Waals surface area contributed by atoms with Crippen molar-refractivity contribution in [1.29, 1.82) is 0 Å². The minimum absolute atomic E-state index is 0.0238. The lowest BCUT2D eigenvalue weighted by Gasteiger charge is -2.35. The molecule has 0 aliphatic carbocycles. The number of piperidine rings is 1. The monoisotopic (exact) mass is 255 g/mol. The van der Waals surface area contributed by atoms with Gasteiger partial charge in [0.25, 0.3) is 5.91 Å². The maximum atomic E-state index is 12.3. The molecule has 1 aliphatic heterocycles. The molecule has 0 spiro atoms. The average molecular weight is 255 g/mol. The van der Waals surface area contributed by atoms with E-state index in [1.54, 1.807) is 0 Å².